The van der Waals surface area contributed by atoms with Crippen LogP contribution in [0.3, 0.4) is 0 Å². The fraction of sp³-hybridized carbons (Fsp3) is 0.167. The predicted octanol–water partition coefficient (Wildman–Crippen LogP) is 3.44. The van der Waals surface area contributed by atoms with Crippen molar-refractivity contribution in [2.75, 3.05) is 21.3 Å². The number of allylic oxidation sites excluding steroid dienone is 2. The third-order valence-corrected chi connectivity index (χ3v) is 3.63. The van der Waals surface area contributed by atoms with Gasteiger partial charge in [-0.3, -0.25) is 4.99 Å². The molecule has 23 heavy (non-hydrogen) atoms. The lowest BCUT2D eigenvalue weighted by Gasteiger charge is -2.16. The Balaban J connectivity index is 2.24. The van der Waals surface area contributed by atoms with Gasteiger partial charge in [0.15, 0.2) is 11.5 Å². The zero-order valence-electron chi connectivity index (χ0n) is 13.3. The number of aromatic nitrogens is 1. The first kappa shape index (κ1) is 15.0. The van der Waals surface area contributed by atoms with Gasteiger partial charge in [0.1, 0.15) is 0 Å². The van der Waals surface area contributed by atoms with Crippen molar-refractivity contribution >= 4 is 11.8 Å². The Morgan fingerprint density at radius 3 is 2.26 bits per heavy atom. The standard InChI is InChI=1S/C18H18N2O3/c1-21-15-10-12(11-16(22-2)18(15)23-3)17(13-6-4-8-19-13)14-7-5-9-20-14/h4-11,19H,1-3H3/b17-14-. The molecule has 1 N–H and O–H groups in total. The van der Waals surface area contributed by atoms with Crippen molar-refractivity contribution in [3.05, 3.63) is 59.6 Å². The van der Waals surface area contributed by atoms with E-state index in [9.17, 15) is 0 Å². The SMILES string of the molecule is COc1cc(/C(=C2\C=CC=N2)c2ccc[nH]2)cc(OC)c1OC. The van der Waals surface area contributed by atoms with E-state index in [2.05, 4.69) is 9.98 Å². The second kappa shape index (κ2) is 6.44. The third-order valence-electron chi connectivity index (χ3n) is 3.63. The largest absolute Gasteiger partial charge is 0.493 e. The molecule has 1 aromatic heterocycles. The number of H-pyrrole nitrogens is 1. The molecule has 1 aliphatic heterocycles. The maximum Gasteiger partial charge on any atom is 0.203 e. The van der Waals surface area contributed by atoms with Crippen LogP contribution in [-0.4, -0.2) is 32.5 Å². The number of methoxy groups -OCH3 is 3. The topological polar surface area (TPSA) is 55.8 Å². The fourth-order valence-electron chi connectivity index (χ4n) is 2.60. The highest BCUT2D eigenvalue weighted by Gasteiger charge is 2.19. The molecule has 2 heterocycles. The van der Waals surface area contributed by atoms with Gasteiger partial charge in [0.25, 0.3) is 0 Å². The molecule has 1 aromatic carbocycles. The molecular formula is C18H18N2O3. The predicted molar refractivity (Wildman–Crippen MR) is 90.5 cm³/mol. The maximum absolute atomic E-state index is 5.46. The van der Waals surface area contributed by atoms with Crippen LogP contribution in [0, 0.1) is 0 Å². The minimum absolute atomic E-state index is 0.569. The number of rotatable bonds is 5. The van der Waals surface area contributed by atoms with Gasteiger partial charge in [-0.15, -0.1) is 0 Å². The zero-order valence-corrected chi connectivity index (χ0v) is 13.3. The van der Waals surface area contributed by atoms with Crippen LogP contribution >= 0.6 is 0 Å². The Morgan fingerprint density at radius 2 is 1.78 bits per heavy atom. The number of nitrogens with zero attached hydrogens (tertiary/aromatic N) is 1. The third kappa shape index (κ3) is 2.73. The molecule has 0 bridgehead atoms. The lowest BCUT2D eigenvalue weighted by Crippen LogP contribution is -1.98. The summed E-state index contributed by atoms with van der Waals surface area (Å²) in [6.07, 6.45) is 7.54. The van der Waals surface area contributed by atoms with Crippen LogP contribution < -0.4 is 14.2 Å². The summed E-state index contributed by atoms with van der Waals surface area (Å²) in [5.41, 5.74) is 3.75. The van der Waals surface area contributed by atoms with E-state index in [0.29, 0.717) is 17.2 Å². The van der Waals surface area contributed by atoms with Crippen molar-refractivity contribution in [1.82, 2.24) is 4.98 Å². The average Bonchev–Trinajstić information content (AvgIpc) is 3.28. The van der Waals surface area contributed by atoms with E-state index in [1.165, 1.54) is 0 Å². The van der Waals surface area contributed by atoms with Crippen molar-refractivity contribution in [3.8, 4) is 17.2 Å². The molecule has 0 unspecified atom stereocenters. The highest BCUT2D eigenvalue weighted by Crippen LogP contribution is 2.41. The van der Waals surface area contributed by atoms with Crippen molar-refractivity contribution in [2.45, 2.75) is 0 Å². The van der Waals surface area contributed by atoms with E-state index >= 15 is 0 Å². The number of ether oxygens (including phenoxy) is 3. The van der Waals surface area contributed by atoms with Crippen molar-refractivity contribution in [3.63, 3.8) is 0 Å². The summed E-state index contributed by atoms with van der Waals surface area (Å²) in [6, 6.07) is 7.81. The molecule has 3 rings (SSSR count). The Kier molecular flexibility index (Phi) is 4.19. The smallest absolute Gasteiger partial charge is 0.203 e. The first-order valence-corrected chi connectivity index (χ1v) is 7.17. The molecule has 0 atom stereocenters. The van der Waals surface area contributed by atoms with Gasteiger partial charge in [0.05, 0.1) is 27.0 Å². The van der Waals surface area contributed by atoms with Gasteiger partial charge in [-0.1, -0.05) is 0 Å². The molecule has 0 aliphatic carbocycles. The first-order chi connectivity index (χ1) is 11.3. The van der Waals surface area contributed by atoms with Gasteiger partial charge in [-0.25, -0.2) is 0 Å². The van der Waals surface area contributed by atoms with Crippen LogP contribution in [0.25, 0.3) is 5.57 Å². The number of aliphatic imine (C=N–C) groups is 1. The van der Waals surface area contributed by atoms with Gasteiger partial charge >= 0.3 is 0 Å². The summed E-state index contributed by atoms with van der Waals surface area (Å²) >= 11 is 0. The molecule has 0 saturated heterocycles. The lowest BCUT2D eigenvalue weighted by molar-refractivity contribution is 0.324. The van der Waals surface area contributed by atoms with E-state index in [0.717, 1.165) is 22.5 Å². The summed E-state index contributed by atoms with van der Waals surface area (Å²) < 4.78 is 16.3. The van der Waals surface area contributed by atoms with E-state index in [4.69, 9.17) is 14.2 Å². The number of nitrogens with one attached hydrogen (secondary N) is 1. The number of aromatic amines is 1. The molecule has 1 aliphatic rings. The molecule has 5 heteroatoms. The van der Waals surface area contributed by atoms with Gasteiger partial charge in [0.2, 0.25) is 5.75 Å². The van der Waals surface area contributed by atoms with E-state index in [-0.39, 0.29) is 0 Å². The Labute approximate surface area is 134 Å². The van der Waals surface area contributed by atoms with Crippen LogP contribution in [0.5, 0.6) is 17.2 Å². The number of hydrogen-bond acceptors (Lipinski definition) is 4. The second-order valence-electron chi connectivity index (χ2n) is 4.90. The van der Waals surface area contributed by atoms with Gasteiger partial charge in [0, 0.05) is 23.7 Å². The molecule has 2 aromatic rings. The maximum atomic E-state index is 5.46. The zero-order chi connectivity index (χ0) is 16.2. The van der Waals surface area contributed by atoms with Gasteiger partial charge in [-0.2, -0.15) is 0 Å². The summed E-state index contributed by atoms with van der Waals surface area (Å²) in [5.74, 6) is 1.79. The number of benzene rings is 1. The molecular weight excluding hydrogens is 292 g/mol. The van der Waals surface area contributed by atoms with Crippen LogP contribution in [0.15, 0.2) is 53.3 Å². The van der Waals surface area contributed by atoms with E-state index in [1.807, 2.05) is 42.6 Å². The van der Waals surface area contributed by atoms with E-state index in [1.54, 1.807) is 27.5 Å². The highest BCUT2D eigenvalue weighted by atomic mass is 16.5. The summed E-state index contributed by atoms with van der Waals surface area (Å²) in [5, 5.41) is 0. The van der Waals surface area contributed by atoms with Crippen LogP contribution in [0.1, 0.15) is 11.3 Å². The monoisotopic (exact) mass is 310 g/mol. The van der Waals surface area contributed by atoms with Crippen molar-refractivity contribution < 1.29 is 14.2 Å². The first-order valence-electron chi connectivity index (χ1n) is 7.17. The molecule has 0 saturated carbocycles. The molecule has 0 fully saturated rings. The molecule has 0 radical (unpaired) electrons. The Hall–Kier alpha value is -2.95. The minimum atomic E-state index is 0.569. The van der Waals surface area contributed by atoms with Crippen molar-refractivity contribution in [2.24, 2.45) is 4.99 Å². The molecule has 118 valence electrons. The molecule has 0 amide bonds. The summed E-state index contributed by atoms with van der Waals surface area (Å²) in [6.45, 7) is 0. The van der Waals surface area contributed by atoms with Gasteiger partial charge in [-0.05, 0) is 42.0 Å². The van der Waals surface area contributed by atoms with Crippen LogP contribution in [-0.2, 0) is 0 Å². The summed E-state index contributed by atoms with van der Waals surface area (Å²) in [4.78, 5) is 7.67. The lowest BCUT2D eigenvalue weighted by atomic mass is 9.99. The second-order valence-corrected chi connectivity index (χ2v) is 4.90. The Morgan fingerprint density at radius 1 is 1.04 bits per heavy atom. The fourth-order valence-corrected chi connectivity index (χ4v) is 2.60. The van der Waals surface area contributed by atoms with Crippen LogP contribution in [0.2, 0.25) is 0 Å². The normalized spacial score (nSPS) is 14.9. The molecule has 0 spiro atoms. The highest BCUT2D eigenvalue weighted by molar-refractivity contribution is 5.89. The van der Waals surface area contributed by atoms with Gasteiger partial charge < -0.3 is 19.2 Å². The van der Waals surface area contributed by atoms with Crippen molar-refractivity contribution in [1.29, 1.82) is 0 Å². The minimum Gasteiger partial charge on any atom is -0.493 e. The summed E-state index contributed by atoms with van der Waals surface area (Å²) in [7, 11) is 4.81. The Bertz CT molecular complexity index is 748. The average molecular weight is 310 g/mol. The molecule has 5 nitrogen and oxygen atoms in total. The van der Waals surface area contributed by atoms with E-state index < -0.39 is 0 Å². The number of hydrogen-bond donors (Lipinski definition) is 1. The van der Waals surface area contributed by atoms with Crippen LogP contribution in [0.4, 0.5) is 0 Å². The quantitative estimate of drug-likeness (QED) is 0.920.